The summed E-state index contributed by atoms with van der Waals surface area (Å²) in [5.41, 5.74) is 2.91. The van der Waals surface area contributed by atoms with Crippen molar-refractivity contribution in [1.29, 1.82) is 0 Å². The van der Waals surface area contributed by atoms with Crippen LogP contribution in [0.1, 0.15) is 42.0 Å². The number of hydrogen-bond donors (Lipinski definition) is 2. The Bertz CT molecular complexity index is 964. The molecule has 0 unspecified atom stereocenters. The molecule has 1 aliphatic rings. The monoisotopic (exact) mass is 429 g/mol. The number of nitrogens with zero attached hydrogens (tertiary/aromatic N) is 3. The minimum absolute atomic E-state index is 0.0108. The van der Waals surface area contributed by atoms with Gasteiger partial charge in [-0.15, -0.1) is 0 Å². The van der Waals surface area contributed by atoms with Crippen molar-refractivity contribution in [2.75, 3.05) is 36.4 Å². The van der Waals surface area contributed by atoms with Crippen molar-refractivity contribution in [2.24, 2.45) is 0 Å². The number of benzene rings is 2. The highest BCUT2D eigenvalue weighted by atomic mass is 16.1. The van der Waals surface area contributed by atoms with E-state index < -0.39 is 0 Å². The summed E-state index contributed by atoms with van der Waals surface area (Å²) in [5, 5.41) is 6.35. The van der Waals surface area contributed by atoms with Crippen molar-refractivity contribution in [2.45, 2.75) is 32.1 Å². The van der Waals surface area contributed by atoms with Crippen LogP contribution in [0.5, 0.6) is 0 Å². The number of anilines is 2. The molecule has 2 heterocycles. The third kappa shape index (κ3) is 5.63. The minimum atomic E-state index is -0.335. The smallest absolute Gasteiger partial charge is 0.232 e. The van der Waals surface area contributed by atoms with Gasteiger partial charge in [0.2, 0.25) is 11.9 Å². The fraction of sp³-hybridized carbons (Fsp3) is 0.346. The van der Waals surface area contributed by atoms with Crippen molar-refractivity contribution < 1.29 is 4.79 Å². The largest absolute Gasteiger partial charge is 0.356 e. The van der Waals surface area contributed by atoms with Gasteiger partial charge in [-0.05, 0) is 37.3 Å². The average Bonchev–Trinajstić information content (AvgIpc) is 2.84. The van der Waals surface area contributed by atoms with Gasteiger partial charge in [0.05, 0.1) is 5.92 Å². The van der Waals surface area contributed by atoms with Crippen LogP contribution in [0.25, 0.3) is 0 Å². The van der Waals surface area contributed by atoms with Crippen LogP contribution < -0.4 is 15.5 Å². The third-order valence-electron chi connectivity index (χ3n) is 5.76. The molecule has 4 rings (SSSR count). The van der Waals surface area contributed by atoms with Gasteiger partial charge in [0.25, 0.3) is 0 Å². The van der Waals surface area contributed by atoms with Crippen LogP contribution in [0.4, 0.5) is 11.8 Å². The molecule has 1 amide bonds. The number of amides is 1. The van der Waals surface area contributed by atoms with Gasteiger partial charge >= 0.3 is 0 Å². The summed E-state index contributed by atoms with van der Waals surface area (Å²) in [7, 11) is 0. The number of rotatable bonds is 8. The standard InChI is InChI=1S/C26H31N5O/c1-20-19-23(31-17-9-4-10-18-31)30-26(29-20)28-16-15-27-25(32)24(21-11-5-2-6-12-21)22-13-7-3-8-14-22/h2-3,5-8,11-14,19,24H,4,9-10,15-18H2,1H3,(H,27,32)(H,28,29,30). The highest BCUT2D eigenvalue weighted by molar-refractivity contribution is 5.87. The first-order valence-electron chi connectivity index (χ1n) is 11.4. The molecule has 1 fully saturated rings. The number of carbonyl (C=O) groups is 1. The first-order chi connectivity index (χ1) is 15.7. The first kappa shape index (κ1) is 21.8. The number of aromatic nitrogens is 2. The van der Waals surface area contributed by atoms with Crippen molar-refractivity contribution in [3.05, 3.63) is 83.6 Å². The molecule has 0 bridgehead atoms. The molecule has 1 aliphatic heterocycles. The second-order valence-corrected chi connectivity index (χ2v) is 8.21. The Labute approximate surface area is 190 Å². The number of hydrogen-bond acceptors (Lipinski definition) is 5. The number of carbonyl (C=O) groups excluding carboxylic acids is 1. The predicted octanol–water partition coefficient (Wildman–Crippen LogP) is 4.14. The molecule has 166 valence electrons. The zero-order valence-corrected chi connectivity index (χ0v) is 18.6. The molecule has 6 heteroatoms. The van der Waals surface area contributed by atoms with Crippen molar-refractivity contribution >= 4 is 17.7 Å². The second kappa shape index (κ2) is 10.8. The van der Waals surface area contributed by atoms with E-state index in [0.717, 1.165) is 35.7 Å². The fourth-order valence-electron chi connectivity index (χ4n) is 4.16. The molecule has 2 aromatic carbocycles. The zero-order valence-electron chi connectivity index (χ0n) is 18.6. The highest BCUT2D eigenvalue weighted by Gasteiger charge is 2.22. The van der Waals surface area contributed by atoms with Crippen LogP contribution in [-0.2, 0) is 4.79 Å². The molecule has 0 atom stereocenters. The maximum Gasteiger partial charge on any atom is 0.232 e. The molecule has 6 nitrogen and oxygen atoms in total. The minimum Gasteiger partial charge on any atom is -0.356 e. The van der Waals surface area contributed by atoms with Crippen molar-refractivity contribution in [1.82, 2.24) is 15.3 Å². The van der Waals surface area contributed by atoms with E-state index in [1.165, 1.54) is 19.3 Å². The highest BCUT2D eigenvalue weighted by Crippen LogP contribution is 2.24. The van der Waals surface area contributed by atoms with Crippen LogP contribution in [0.15, 0.2) is 66.7 Å². The number of aryl methyl sites for hydroxylation is 1. The Morgan fingerprint density at radius 2 is 1.53 bits per heavy atom. The Kier molecular flexibility index (Phi) is 7.33. The molecule has 0 saturated carbocycles. The normalized spacial score (nSPS) is 13.8. The molecular weight excluding hydrogens is 398 g/mol. The summed E-state index contributed by atoms with van der Waals surface area (Å²) in [6.45, 7) is 5.14. The van der Waals surface area contributed by atoms with Crippen molar-refractivity contribution in [3.8, 4) is 0 Å². The Morgan fingerprint density at radius 1 is 0.906 bits per heavy atom. The van der Waals surface area contributed by atoms with E-state index in [9.17, 15) is 4.79 Å². The molecule has 0 spiro atoms. The molecule has 2 N–H and O–H groups in total. The lowest BCUT2D eigenvalue weighted by atomic mass is 9.90. The maximum absolute atomic E-state index is 13.1. The summed E-state index contributed by atoms with van der Waals surface area (Å²) in [5.74, 6) is 1.25. The summed E-state index contributed by atoms with van der Waals surface area (Å²) >= 11 is 0. The molecule has 1 saturated heterocycles. The van der Waals surface area contributed by atoms with Gasteiger partial charge in [0.15, 0.2) is 0 Å². The van der Waals surface area contributed by atoms with E-state index in [4.69, 9.17) is 4.98 Å². The van der Waals surface area contributed by atoms with E-state index in [0.29, 0.717) is 19.0 Å². The summed E-state index contributed by atoms with van der Waals surface area (Å²) in [6.07, 6.45) is 3.71. The lowest BCUT2D eigenvalue weighted by Crippen LogP contribution is -2.34. The second-order valence-electron chi connectivity index (χ2n) is 8.21. The van der Waals surface area contributed by atoms with Crippen LogP contribution >= 0.6 is 0 Å². The summed E-state index contributed by atoms with van der Waals surface area (Å²) in [6, 6.07) is 21.8. The van der Waals surface area contributed by atoms with E-state index in [1.807, 2.05) is 73.7 Å². The molecule has 32 heavy (non-hydrogen) atoms. The Balaban J connectivity index is 1.36. The van der Waals surface area contributed by atoms with E-state index >= 15 is 0 Å². The lowest BCUT2D eigenvalue weighted by molar-refractivity contribution is -0.121. The Hall–Kier alpha value is -3.41. The average molecular weight is 430 g/mol. The van der Waals surface area contributed by atoms with Gasteiger partial charge < -0.3 is 15.5 Å². The van der Waals surface area contributed by atoms with Crippen molar-refractivity contribution in [3.63, 3.8) is 0 Å². The van der Waals surface area contributed by atoms with Crippen LogP contribution in [0.3, 0.4) is 0 Å². The van der Waals surface area contributed by atoms with Crippen LogP contribution in [0, 0.1) is 6.92 Å². The maximum atomic E-state index is 13.1. The van der Waals surface area contributed by atoms with Gasteiger partial charge in [-0.3, -0.25) is 4.79 Å². The van der Waals surface area contributed by atoms with Gasteiger partial charge in [-0.25, -0.2) is 4.98 Å². The van der Waals surface area contributed by atoms with Gasteiger partial charge in [-0.2, -0.15) is 4.98 Å². The molecule has 0 aliphatic carbocycles. The topological polar surface area (TPSA) is 70.2 Å². The fourth-order valence-corrected chi connectivity index (χ4v) is 4.16. The molecule has 0 radical (unpaired) electrons. The van der Waals surface area contributed by atoms with Gasteiger partial charge in [0.1, 0.15) is 5.82 Å². The third-order valence-corrected chi connectivity index (χ3v) is 5.76. The van der Waals surface area contributed by atoms with Crippen LogP contribution in [0.2, 0.25) is 0 Å². The van der Waals surface area contributed by atoms with Gasteiger partial charge in [-0.1, -0.05) is 60.7 Å². The zero-order chi connectivity index (χ0) is 22.2. The quantitative estimate of drug-likeness (QED) is 0.527. The summed E-state index contributed by atoms with van der Waals surface area (Å²) in [4.78, 5) is 24.6. The van der Waals surface area contributed by atoms with E-state index in [-0.39, 0.29) is 11.8 Å². The lowest BCUT2D eigenvalue weighted by Gasteiger charge is -2.28. The number of nitrogens with one attached hydrogen (secondary N) is 2. The van der Waals surface area contributed by atoms with Crippen LogP contribution in [-0.4, -0.2) is 42.1 Å². The molecular formula is C26H31N5O. The number of piperidine rings is 1. The Morgan fingerprint density at radius 3 is 2.16 bits per heavy atom. The molecule has 3 aromatic rings. The van der Waals surface area contributed by atoms with Gasteiger partial charge in [0, 0.05) is 37.9 Å². The first-order valence-corrected chi connectivity index (χ1v) is 11.4. The summed E-state index contributed by atoms with van der Waals surface area (Å²) < 4.78 is 0. The SMILES string of the molecule is Cc1cc(N2CCCCC2)nc(NCCNC(=O)C(c2ccccc2)c2ccccc2)n1. The van der Waals surface area contributed by atoms with E-state index in [2.05, 4.69) is 20.5 Å². The van der Waals surface area contributed by atoms with E-state index in [1.54, 1.807) is 0 Å². The predicted molar refractivity (Wildman–Crippen MR) is 129 cm³/mol. The molecule has 1 aromatic heterocycles.